The molecule has 0 aliphatic heterocycles. The maximum Gasteiger partial charge on any atom is 0.333 e. The molecule has 2 aromatic rings. The monoisotopic (exact) mass is 321 g/mol. The molecule has 1 aromatic heterocycles. The van der Waals surface area contributed by atoms with Gasteiger partial charge in [0.15, 0.2) is 0 Å². The van der Waals surface area contributed by atoms with Crippen LogP contribution in [0.25, 0.3) is 10.9 Å². The summed E-state index contributed by atoms with van der Waals surface area (Å²) in [7, 11) is 1.41. The second kappa shape index (κ2) is 6.06. The van der Waals surface area contributed by atoms with Gasteiger partial charge >= 0.3 is 5.97 Å². The maximum atomic E-state index is 11.5. The number of hydrogen-bond donors (Lipinski definition) is 0. The average Bonchev–Trinajstić information content (AvgIpc) is 2.81. The van der Waals surface area contributed by atoms with Crippen LogP contribution in [0.2, 0.25) is 0 Å². The Morgan fingerprint density at radius 2 is 2.21 bits per heavy atom. The quantitative estimate of drug-likeness (QED) is 0.631. The van der Waals surface area contributed by atoms with Gasteiger partial charge in [-0.25, -0.2) is 4.79 Å². The molecule has 0 unspecified atom stereocenters. The lowest BCUT2D eigenvalue weighted by Crippen LogP contribution is -2.05. The third-order valence-corrected chi connectivity index (χ3v) is 3.59. The van der Waals surface area contributed by atoms with Gasteiger partial charge in [-0.15, -0.1) is 0 Å². The Morgan fingerprint density at radius 1 is 1.42 bits per heavy atom. The first-order valence-corrected chi connectivity index (χ1v) is 6.96. The standard InChI is InChI=1S/C15H16BrNO2/c1-3-11(15(18)19-2)6-8-17-9-7-12-10-13(16)4-5-14(12)17/h4-7,9-10H,3,8H2,1-2H3. The number of hydrogen-bond acceptors (Lipinski definition) is 2. The fourth-order valence-electron chi connectivity index (χ4n) is 2.04. The molecule has 0 aliphatic rings. The summed E-state index contributed by atoms with van der Waals surface area (Å²) in [6.07, 6.45) is 4.63. The van der Waals surface area contributed by atoms with E-state index in [0.717, 1.165) is 9.99 Å². The summed E-state index contributed by atoms with van der Waals surface area (Å²) in [5, 5.41) is 1.18. The molecule has 0 saturated heterocycles. The van der Waals surface area contributed by atoms with E-state index in [1.165, 1.54) is 12.5 Å². The smallest absolute Gasteiger partial charge is 0.333 e. The number of aromatic nitrogens is 1. The van der Waals surface area contributed by atoms with E-state index in [1.54, 1.807) is 0 Å². The van der Waals surface area contributed by atoms with Gasteiger partial charge in [-0.3, -0.25) is 0 Å². The summed E-state index contributed by atoms with van der Waals surface area (Å²) in [6.45, 7) is 2.62. The lowest BCUT2D eigenvalue weighted by Gasteiger charge is -2.05. The predicted molar refractivity (Wildman–Crippen MR) is 80.0 cm³/mol. The minimum absolute atomic E-state index is 0.248. The number of carbonyl (C=O) groups is 1. The number of benzene rings is 1. The number of halogens is 1. The van der Waals surface area contributed by atoms with Gasteiger partial charge in [0.25, 0.3) is 0 Å². The Morgan fingerprint density at radius 3 is 2.89 bits per heavy atom. The number of fused-ring (bicyclic) bond motifs is 1. The molecule has 0 bridgehead atoms. The van der Waals surface area contributed by atoms with Gasteiger partial charge in [-0.05, 0) is 30.7 Å². The predicted octanol–water partition coefficient (Wildman–Crippen LogP) is 3.91. The largest absolute Gasteiger partial charge is 0.466 e. The van der Waals surface area contributed by atoms with Crippen molar-refractivity contribution in [2.75, 3.05) is 7.11 Å². The second-order valence-electron chi connectivity index (χ2n) is 4.25. The highest BCUT2D eigenvalue weighted by molar-refractivity contribution is 9.10. The van der Waals surface area contributed by atoms with Gasteiger partial charge in [-0.1, -0.05) is 28.9 Å². The SMILES string of the molecule is CCC(=CCn1ccc2cc(Br)ccc21)C(=O)OC. The van der Waals surface area contributed by atoms with Gasteiger partial charge in [0, 0.05) is 33.7 Å². The van der Waals surface area contributed by atoms with Crippen molar-refractivity contribution in [1.29, 1.82) is 0 Å². The summed E-state index contributed by atoms with van der Waals surface area (Å²) in [4.78, 5) is 11.5. The Bertz CT molecular complexity index is 628. The molecule has 2 rings (SSSR count). The van der Waals surface area contributed by atoms with E-state index < -0.39 is 0 Å². The summed E-state index contributed by atoms with van der Waals surface area (Å²) < 4.78 is 7.93. The van der Waals surface area contributed by atoms with E-state index in [1.807, 2.05) is 25.3 Å². The summed E-state index contributed by atoms with van der Waals surface area (Å²) >= 11 is 3.46. The van der Waals surface area contributed by atoms with Crippen molar-refractivity contribution < 1.29 is 9.53 Å². The summed E-state index contributed by atoms with van der Waals surface area (Å²) in [6, 6.07) is 8.23. The Labute approximate surface area is 121 Å². The van der Waals surface area contributed by atoms with E-state index in [9.17, 15) is 4.79 Å². The maximum absolute atomic E-state index is 11.5. The van der Waals surface area contributed by atoms with Gasteiger partial charge in [0.1, 0.15) is 0 Å². The van der Waals surface area contributed by atoms with Crippen LogP contribution < -0.4 is 0 Å². The Balaban J connectivity index is 2.26. The molecule has 0 fully saturated rings. The Hall–Kier alpha value is -1.55. The molecule has 0 N–H and O–H groups in total. The van der Waals surface area contributed by atoms with Gasteiger partial charge in [-0.2, -0.15) is 0 Å². The van der Waals surface area contributed by atoms with Crippen molar-refractivity contribution in [3.8, 4) is 0 Å². The van der Waals surface area contributed by atoms with Gasteiger partial charge < -0.3 is 9.30 Å². The first kappa shape index (κ1) is 13.9. The van der Waals surface area contributed by atoms with Crippen molar-refractivity contribution in [3.05, 3.63) is 46.6 Å². The first-order chi connectivity index (χ1) is 9.15. The number of ether oxygens (including phenoxy) is 1. The van der Waals surface area contributed by atoms with Crippen LogP contribution in [-0.2, 0) is 16.1 Å². The molecule has 0 atom stereocenters. The van der Waals surface area contributed by atoms with Crippen LogP contribution >= 0.6 is 15.9 Å². The van der Waals surface area contributed by atoms with Crippen molar-refractivity contribution in [2.45, 2.75) is 19.9 Å². The van der Waals surface area contributed by atoms with Crippen LogP contribution in [0.15, 0.2) is 46.6 Å². The molecule has 19 heavy (non-hydrogen) atoms. The minimum Gasteiger partial charge on any atom is -0.466 e. The molecule has 0 radical (unpaired) electrons. The molecule has 1 heterocycles. The summed E-state index contributed by atoms with van der Waals surface area (Å²) in [5.74, 6) is -0.248. The molecule has 3 nitrogen and oxygen atoms in total. The molecule has 0 amide bonds. The lowest BCUT2D eigenvalue weighted by molar-refractivity contribution is -0.136. The van der Waals surface area contributed by atoms with E-state index in [4.69, 9.17) is 4.74 Å². The van der Waals surface area contributed by atoms with Crippen LogP contribution in [0.3, 0.4) is 0 Å². The summed E-state index contributed by atoms with van der Waals surface area (Å²) in [5.41, 5.74) is 1.86. The zero-order chi connectivity index (χ0) is 13.8. The highest BCUT2D eigenvalue weighted by Gasteiger charge is 2.07. The number of nitrogens with zero attached hydrogens (tertiary/aromatic N) is 1. The van der Waals surface area contributed by atoms with Crippen molar-refractivity contribution in [2.24, 2.45) is 0 Å². The van der Waals surface area contributed by atoms with E-state index in [2.05, 4.69) is 38.7 Å². The molecular formula is C15H16BrNO2. The fraction of sp³-hybridized carbons (Fsp3) is 0.267. The Kier molecular flexibility index (Phi) is 4.43. The number of allylic oxidation sites excluding steroid dienone is 1. The second-order valence-corrected chi connectivity index (χ2v) is 5.16. The van der Waals surface area contributed by atoms with E-state index in [0.29, 0.717) is 18.5 Å². The van der Waals surface area contributed by atoms with E-state index >= 15 is 0 Å². The third kappa shape index (κ3) is 3.07. The first-order valence-electron chi connectivity index (χ1n) is 6.17. The number of esters is 1. The fourth-order valence-corrected chi connectivity index (χ4v) is 2.42. The highest BCUT2D eigenvalue weighted by Crippen LogP contribution is 2.21. The number of carbonyl (C=O) groups excluding carboxylic acids is 1. The number of rotatable bonds is 4. The highest BCUT2D eigenvalue weighted by atomic mass is 79.9. The van der Waals surface area contributed by atoms with Crippen LogP contribution in [0.4, 0.5) is 0 Å². The zero-order valence-electron chi connectivity index (χ0n) is 11.0. The molecular weight excluding hydrogens is 306 g/mol. The normalized spacial score (nSPS) is 11.8. The van der Waals surface area contributed by atoms with E-state index in [-0.39, 0.29) is 5.97 Å². The van der Waals surface area contributed by atoms with Crippen molar-refractivity contribution in [1.82, 2.24) is 4.57 Å². The molecule has 0 spiro atoms. The third-order valence-electron chi connectivity index (χ3n) is 3.10. The lowest BCUT2D eigenvalue weighted by atomic mass is 10.2. The molecule has 0 saturated carbocycles. The van der Waals surface area contributed by atoms with Crippen LogP contribution in [-0.4, -0.2) is 17.6 Å². The molecule has 0 aliphatic carbocycles. The van der Waals surface area contributed by atoms with Gasteiger partial charge in [0.2, 0.25) is 0 Å². The minimum atomic E-state index is -0.248. The molecule has 100 valence electrons. The van der Waals surface area contributed by atoms with Crippen molar-refractivity contribution >= 4 is 32.8 Å². The van der Waals surface area contributed by atoms with Gasteiger partial charge in [0.05, 0.1) is 7.11 Å². The molecule has 1 aromatic carbocycles. The molecule has 4 heteroatoms. The van der Waals surface area contributed by atoms with Crippen LogP contribution in [0.5, 0.6) is 0 Å². The zero-order valence-corrected chi connectivity index (χ0v) is 12.6. The average molecular weight is 322 g/mol. The van der Waals surface area contributed by atoms with Crippen LogP contribution in [0.1, 0.15) is 13.3 Å². The van der Waals surface area contributed by atoms with Crippen LogP contribution in [0, 0.1) is 0 Å². The van der Waals surface area contributed by atoms with Crippen molar-refractivity contribution in [3.63, 3.8) is 0 Å². The number of methoxy groups -OCH3 is 1. The topological polar surface area (TPSA) is 31.2 Å².